The second kappa shape index (κ2) is 4.65. The van der Waals surface area contributed by atoms with E-state index in [2.05, 4.69) is 14.9 Å². The molecule has 1 saturated heterocycles. The predicted molar refractivity (Wildman–Crippen MR) is 73.8 cm³/mol. The lowest BCUT2D eigenvalue weighted by Crippen LogP contribution is -2.53. The van der Waals surface area contributed by atoms with Crippen molar-refractivity contribution in [3.05, 3.63) is 17.8 Å². The Labute approximate surface area is 114 Å². The topological polar surface area (TPSA) is 69.6 Å². The van der Waals surface area contributed by atoms with Gasteiger partial charge in [-0.15, -0.1) is 11.3 Å². The summed E-state index contributed by atoms with van der Waals surface area (Å²) in [5, 5.41) is 12.1. The molecular weight excluding hydrogens is 264 g/mol. The summed E-state index contributed by atoms with van der Waals surface area (Å²) in [6, 6.07) is 2.13. The first kappa shape index (κ1) is 12.2. The third kappa shape index (κ3) is 2.10. The Morgan fingerprint density at radius 2 is 2.32 bits per heavy atom. The van der Waals surface area contributed by atoms with E-state index in [1.165, 1.54) is 4.90 Å². The highest BCUT2D eigenvalue weighted by Crippen LogP contribution is 2.29. The van der Waals surface area contributed by atoms with Crippen LogP contribution in [0.1, 0.15) is 6.92 Å². The maximum absolute atomic E-state index is 11.0. The van der Waals surface area contributed by atoms with Crippen molar-refractivity contribution in [1.82, 2.24) is 14.9 Å². The van der Waals surface area contributed by atoms with Gasteiger partial charge in [-0.1, -0.05) is 0 Å². The molecule has 1 amide bonds. The monoisotopic (exact) mass is 278 g/mol. The molecule has 0 aliphatic carbocycles. The van der Waals surface area contributed by atoms with Gasteiger partial charge in [0.1, 0.15) is 17.0 Å². The number of carboxylic acid groups (broad SMARTS) is 1. The zero-order chi connectivity index (χ0) is 13.4. The number of aromatic nitrogens is 2. The van der Waals surface area contributed by atoms with E-state index in [9.17, 15) is 4.79 Å². The standard InChI is InChI=1S/C12H14N4O2S/c1-8-6-15(12(17)18)3-4-16(8)10-9-2-5-19-11(9)14-7-13-10/h2,5,7-8H,3-4,6H2,1H3,(H,17,18). The van der Waals surface area contributed by atoms with Crippen molar-refractivity contribution in [3.8, 4) is 0 Å². The Morgan fingerprint density at radius 1 is 1.47 bits per heavy atom. The Kier molecular flexibility index (Phi) is 2.98. The number of piperazine rings is 1. The van der Waals surface area contributed by atoms with Crippen molar-refractivity contribution in [3.63, 3.8) is 0 Å². The number of fused-ring (bicyclic) bond motifs is 1. The number of hydrogen-bond acceptors (Lipinski definition) is 5. The quantitative estimate of drug-likeness (QED) is 0.862. The van der Waals surface area contributed by atoms with Gasteiger partial charge in [-0.2, -0.15) is 0 Å². The van der Waals surface area contributed by atoms with E-state index in [4.69, 9.17) is 5.11 Å². The zero-order valence-electron chi connectivity index (χ0n) is 10.5. The molecule has 19 heavy (non-hydrogen) atoms. The van der Waals surface area contributed by atoms with E-state index in [1.807, 2.05) is 18.4 Å². The van der Waals surface area contributed by atoms with Gasteiger partial charge in [-0.05, 0) is 18.4 Å². The lowest BCUT2D eigenvalue weighted by Gasteiger charge is -2.39. The molecule has 1 aliphatic heterocycles. The number of anilines is 1. The van der Waals surface area contributed by atoms with E-state index < -0.39 is 6.09 Å². The summed E-state index contributed by atoms with van der Waals surface area (Å²) < 4.78 is 0. The van der Waals surface area contributed by atoms with Crippen LogP contribution in [0.25, 0.3) is 10.2 Å². The zero-order valence-corrected chi connectivity index (χ0v) is 11.3. The smallest absolute Gasteiger partial charge is 0.407 e. The largest absolute Gasteiger partial charge is 0.465 e. The Balaban J connectivity index is 1.91. The first-order valence-electron chi connectivity index (χ1n) is 6.09. The lowest BCUT2D eigenvalue weighted by atomic mass is 10.2. The molecule has 1 unspecified atom stereocenters. The molecule has 0 saturated carbocycles. The van der Waals surface area contributed by atoms with Gasteiger partial charge in [0, 0.05) is 25.7 Å². The third-order valence-electron chi connectivity index (χ3n) is 3.41. The number of carbonyl (C=O) groups is 1. The molecule has 100 valence electrons. The fourth-order valence-electron chi connectivity index (χ4n) is 2.45. The van der Waals surface area contributed by atoms with Gasteiger partial charge in [0.15, 0.2) is 0 Å². The van der Waals surface area contributed by atoms with Crippen molar-refractivity contribution >= 4 is 33.5 Å². The maximum atomic E-state index is 11.0. The molecular formula is C12H14N4O2S. The third-order valence-corrected chi connectivity index (χ3v) is 4.23. The highest BCUT2D eigenvalue weighted by Gasteiger charge is 2.28. The number of rotatable bonds is 1. The van der Waals surface area contributed by atoms with E-state index in [-0.39, 0.29) is 6.04 Å². The van der Waals surface area contributed by atoms with Crippen molar-refractivity contribution in [2.45, 2.75) is 13.0 Å². The normalized spacial score (nSPS) is 19.9. The minimum Gasteiger partial charge on any atom is -0.465 e. The van der Waals surface area contributed by atoms with Gasteiger partial charge >= 0.3 is 6.09 Å². The summed E-state index contributed by atoms with van der Waals surface area (Å²) in [6.45, 7) is 3.70. The molecule has 2 aromatic rings. The van der Waals surface area contributed by atoms with E-state index in [0.29, 0.717) is 19.6 Å². The van der Waals surface area contributed by atoms with Gasteiger partial charge < -0.3 is 14.9 Å². The van der Waals surface area contributed by atoms with Crippen molar-refractivity contribution in [2.75, 3.05) is 24.5 Å². The minimum atomic E-state index is -0.852. The first-order chi connectivity index (χ1) is 9.16. The van der Waals surface area contributed by atoms with Crippen LogP contribution in [0.2, 0.25) is 0 Å². The summed E-state index contributed by atoms with van der Waals surface area (Å²) in [6.07, 6.45) is 0.722. The molecule has 3 heterocycles. The minimum absolute atomic E-state index is 0.114. The summed E-state index contributed by atoms with van der Waals surface area (Å²) in [4.78, 5) is 24.2. The summed E-state index contributed by atoms with van der Waals surface area (Å²) in [7, 11) is 0. The van der Waals surface area contributed by atoms with Crippen LogP contribution in [0, 0.1) is 0 Å². The predicted octanol–water partition coefficient (Wildman–Crippen LogP) is 1.88. The highest BCUT2D eigenvalue weighted by atomic mass is 32.1. The molecule has 6 nitrogen and oxygen atoms in total. The second-order valence-corrected chi connectivity index (χ2v) is 5.50. The summed E-state index contributed by atoms with van der Waals surface area (Å²) in [5.41, 5.74) is 0. The molecule has 7 heteroatoms. The van der Waals surface area contributed by atoms with Crippen LogP contribution in [0.5, 0.6) is 0 Å². The Morgan fingerprint density at radius 3 is 3.05 bits per heavy atom. The molecule has 0 bridgehead atoms. The van der Waals surface area contributed by atoms with Crippen LogP contribution in [-0.2, 0) is 0 Å². The van der Waals surface area contributed by atoms with Crippen molar-refractivity contribution < 1.29 is 9.90 Å². The summed E-state index contributed by atoms with van der Waals surface area (Å²) in [5.74, 6) is 0.906. The van der Waals surface area contributed by atoms with Crippen LogP contribution in [0.3, 0.4) is 0 Å². The molecule has 2 aromatic heterocycles. The fraction of sp³-hybridized carbons (Fsp3) is 0.417. The van der Waals surface area contributed by atoms with E-state index >= 15 is 0 Å². The van der Waals surface area contributed by atoms with E-state index in [1.54, 1.807) is 17.7 Å². The van der Waals surface area contributed by atoms with Gasteiger partial charge in [0.25, 0.3) is 0 Å². The van der Waals surface area contributed by atoms with Crippen molar-refractivity contribution in [2.24, 2.45) is 0 Å². The van der Waals surface area contributed by atoms with Crippen molar-refractivity contribution in [1.29, 1.82) is 0 Å². The number of hydrogen-bond donors (Lipinski definition) is 1. The average molecular weight is 278 g/mol. The maximum Gasteiger partial charge on any atom is 0.407 e. The van der Waals surface area contributed by atoms with Crippen LogP contribution in [0.4, 0.5) is 10.6 Å². The SMILES string of the molecule is CC1CN(C(=O)O)CCN1c1ncnc2sccc12. The molecule has 3 rings (SSSR count). The summed E-state index contributed by atoms with van der Waals surface area (Å²) >= 11 is 1.59. The van der Waals surface area contributed by atoms with Gasteiger partial charge in [0.05, 0.1) is 5.39 Å². The van der Waals surface area contributed by atoms with Gasteiger partial charge in [-0.3, -0.25) is 0 Å². The average Bonchev–Trinajstić information content (AvgIpc) is 2.86. The molecule has 0 radical (unpaired) electrons. The molecule has 1 N–H and O–H groups in total. The first-order valence-corrected chi connectivity index (χ1v) is 6.97. The fourth-order valence-corrected chi connectivity index (χ4v) is 3.18. The van der Waals surface area contributed by atoms with Crippen LogP contribution in [0.15, 0.2) is 17.8 Å². The number of amides is 1. The molecule has 1 atom stereocenters. The van der Waals surface area contributed by atoms with Crippen LogP contribution >= 0.6 is 11.3 Å². The van der Waals surface area contributed by atoms with E-state index in [0.717, 1.165) is 16.0 Å². The van der Waals surface area contributed by atoms with Crippen LogP contribution in [-0.4, -0.2) is 51.7 Å². The lowest BCUT2D eigenvalue weighted by molar-refractivity contribution is 0.136. The number of nitrogens with zero attached hydrogens (tertiary/aromatic N) is 4. The highest BCUT2D eigenvalue weighted by molar-refractivity contribution is 7.16. The molecule has 0 spiro atoms. The second-order valence-electron chi connectivity index (χ2n) is 4.61. The Hall–Kier alpha value is -1.89. The molecule has 0 aromatic carbocycles. The van der Waals surface area contributed by atoms with Crippen LogP contribution < -0.4 is 4.90 Å². The van der Waals surface area contributed by atoms with Gasteiger partial charge in [-0.25, -0.2) is 14.8 Å². The molecule has 1 fully saturated rings. The Bertz CT molecular complexity index is 615. The van der Waals surface area contributed by atoms with Gasteiger partial charge in [0.2, 0.25) is 0 Å². The number of thiophene rings is 1. The molecule has 1 aliphatic rings.